The molecule has 1 N–H and O–H groups in total. The van der Waals surface area contributed by atoms with E-state index < -0.39 is 0 Å². The number of nitrogens with zero attached hydrogens (tertiary/aromatic N) is 1. The summed E-state index contributed by atoms with van der Waals surface area (Å²) in [5.74, 6) is 0.864. The summed E-state index contributed by atoms with van der Waals surface area (Å²) in [4.78, 5) is 14.0. The van der Waals surface area contributed by atoms with Gasteiger partial charge >= 0.3 is 0 Å². The minimum Gasteiger partial charge on any atom is -0.370 e. The first kappa shape index (κ1) is 8.71. The molecule has 3 heteroatoms. The van der Waals surface area contributed by atoms with E-state index >= 15 is 0 Å². The van der Waals surface area contributed by atoms with E-state index in [1.807, 2.05) is 18.2 Å². The summed E-state index contributed by atoms with van der Waals surface area (Å²) in [5.41, 5.74) is 0. The third kappa shape index (κ3) is 3.14. The van der Waals surface area contributed by atoms with E-state index in [1.165, 1.54) is 0 Å². The summed E-state index contributed by atoms with van der Waals surface area (Å²) < 4.78 is 0. The minimum atomic E-state index is 0.611. The summed E-state index contributed by atoms with van der Waals surface area (Å²) >= 11 is 0. The smallest absolute Gasteiger partial charge is 0.125 e. The van der Waals surface area contributed by atoms with E-state index in [2.05, 4.69) is 10.3 Å². The summed E-state index contributed by atoms with van der Waals surface area (Å²) in [6, 6.07) is 5.70. The number of pyridine rings is 1. The Hall–Kier alpha value is -1.38. The Morgan fingerprint density at radius 1 is 1.50 bits per heavy atom. The normalized spacial score (nSPS) is 9.33. The quantitative estimate of drug-likeness (QED) is 0.529. The van der Waals surface area contributed by atoms with E-state index in [9.17, 15) is 4.79 Å². The van der Waals surface area contributed by atoms with Gasteiger partial charge in [0.25, 0.3) is 0 Å². The van der Waals surface area contributed by atoms with E-state index in [4.69, 9.17) is 0 Å². The number of aldehydes is 1. The second-order valence-electron chi connectivity index (χ2n) is 2.45. The average Bonchev–Trinajstić information content (AvgIpc) is 2.14. The van der Waals surface area contributed by atoms with Gasteiger partial charge in [-0.25, -0.2) is 4.98 Å². The summed E-state index contributed by atoms with van der Waals surface area (Å²) in [6.07, 6.45) is 4.14. The molecule has 12 heavy (non-hydrogen) atoms. The molecule has 1 heterocycles. The highest BCUT2D eigenvalue weighted by Gasteiger charge is 1.89. The van der Waals surface area contributed by atoms with E-state index in [0.29, 0.717) is 6.42 Å². The van der Waals surface area contributed by atoms with Crippen molar-refractivity contribution < 1.29 is 4.79 Å². The minimum absolute atomic E-state index is 0.611. The summed E-state index contributed by atoms with van der Waals surface area (Å²) in [5, 5.41) is 3.11. The van der Waals surface area contributed by atoms with Crippen molar-refractivity contribution >= 4 is 12.1 Å². The lowest BCUT2D eigenvalue weighted by Gasteiger charge is -2.01. The van der Waals surface area contributed by atoms with Crippen LogP contribution in [-0.4, -0.2) is 17.8 Å². The van der Waals surface area contributed by atoms with Crippen molar-refractivity contribution in [2.24, 2.45) is 0 Å². The van der Waals surface area contributed by atoms with Crippen LogP contribution in [0.25, 0.3) is 0 Å². The van der Waals surface area contributed by atoms with Crippen LogP contribution in [-0.2, 0) is 4.79 Å². The maximum absolute atomic E-state index is 9.97. The predicted molar refractivity (Wildman–Crippen MR) is 48.0 cm³/mol. The second-order valence-corrected chi connectivity index (χ2v) is 2.45. The zero-order valence-corrected chi connectivity index (χ0v) is 6.86. The molecule has 0 fully saturated rings. The fourth-order valence-electron chi connectivity index (χ4n) is 0.869. The molecule has 0 bridgehead atoms. The molecule has 1 aromatic heterocycles. The largest absolute Gasteiger partial charge is 0.370 e. The average molecular weight is 164 g/mol. The number of aromatic nitrogens is 1. The molecule has 0 amide bonds. The van der Waals surface area contributed by atoms with Crippen LogP contribution in [0.1, 0.15) is 12.8 Å². The number of carbonyl (C=O) groups is 1. The SMILES string of the molecule is O=CCCCNc1ccccn1. The first-order chi connectivity index (χ1) is 5.93. The van der Waals surface area contributed by atoms with Crippen LogP contribution >= 0.6 is 0 Å². The Kier molecular flexibility index (Phi) is 3.84. The molecule has 0 saturated heterocycles. The highest BCUT2D eigenvalue weighted by atomic mass is 16.1. The number of anilines is 1. The van der Waals surface area contributed by atoms with Gasteiger partial charge in [0, 0.05) is 19.2 Å². The predicted octanol–water partition coefficient (Wildman–Crippen LogP) is 1.47. The molecule has 1 rings (SSSR count). The van der Waals surface area contributed by atoms with Crippen LogP contribution in [0.15, 0.2) is 24.4 Å². The van der Waals surface area contributed by atoms with Crippen molar-refractivity contribution in [3.05, 3.63) is 24.4 Å². The van der Waals surface area contributed by atoms with Gasteiger partial charge < -0.3 is 10.1 Å². The van der Waals surface area contributed by atoms with Crippen LogP contribution in [0.3, 0.4) is 0 Å². The topological polar surface area (TPSA) is 42.0 Å². The van der Waals surface area contributed by atoms with Crippen molar-refractivity contribution in [2.45, 2.75) is 12.8 Å². The lowest BCUT2D eigenvalue weighted by molar-refractivity contribution is -0.107. The van der Waals surface area contributed by atoms with Crippen LogP contribution in [0, 0.1) is 0 Å². The van der Waals surface area contributed by atoms with Crippen molar-refractivity contribution in [3.8, 4) is 0 Å². The molecular weight excluding hydrogens is 152 g/mol. The van der Waals surface area contributed by atoms with E-state index in [0.717, 1.165) is 25.1 Å². The lowest BCUT2D eigenvalue weighted by Crippen LogP contribution is -2.02. The molecule has 1 aromatic rings. The first-order valence-corrected chi connectivity index (χ1v) is 4.02. The molecule has 3 nitrogen and oxygen atoms in total. The zero-order chi connectivity index (χ0) is 8.65. The maximum atomic E-state index is 9.97. The van der Waals surface area contributed by atoms with E-state index in [-0.39, 0.29) is 0 Å². The maximum Gasteiger partial charge on any atom is 0.125 e. The summed E-state index contributed by atoms with van der Waals surface area (Å²) in [7, 11) is 0. The van der Waals surface area contributed by atoms with Gasteiger partial charge in [0.2, 0.25) is 0 Å². The molecule has 0 unspecified atom stereocenters. The Morgan fingerprint density at radius 3 is 3.08 bits per heavy atom. The molecule has 0 spiro atoms. The van der Waals surface area contributed by atoms with Gasteiger partial charge in [0.05, 0.1) is 0 Å². The third-order valence-corrected chi connectivity index (χ3v) is 1.47. The number of hydrogen-bond donors (Lipinski definition) is 1. The molecule has 0 aromatic carbocycles. The number of unbranched alkanes of at least 4 members (excludes halogenated alkanes) is 1. The Balaban J connectivity index is 2.20. The molecular formula is C9H12N2O. The van der Waals surface area contributed by atoms with Gasteiger partial charge in [-0.05, 0) is 18.6 Å². The monoisotopic (exact) mass is 164 g/mol. The standard InChI is InChI=1S/C9H12N2O/c12-8-4-3-7-11-9-5-1-2-6-10-9/h1-2,5-6,8H,3-4,7H2,(H,10,11). The number of rotatable bonds is 5. The van der Waals surface area contributed by atoms with Crippen molar-refractivity contribution in [3.63, 3.8) is 0 Å². The van der Waals surface area contributed by atoms with Gasteiger partial charge in [0.15, 0.2) is 0 Å². The molecule has 0 atom stereocenters. The van der Waals surface area contributed by atoms with Crippen molar-refractivity contribution in [2.75, 3.05) is 11.9 Å². The Labute approximate surface area is 71.8 Å². The molecule has 0 aliphatic carbocycles. The van der Waals surface area contributed by atoms with Crippen LogP contribution < -0.4 is 5.32 Å². The number of carbonyl (C=O) groups excluding carboxylic acids is 1. The summed E-state index contributed by atoms with van der Waals surface area (Å²) in [6.45, 7) is 0.801. The van der Waals surface area contributed by atoms with Gasteiger partial charge in [0.1, 0.15) is 12.1 Å². The molecule has 64 valence electrons. The van der Waals surface area contributed by atoms with Crippen LogP contribution in [0.2, 0.25) is 0 Å². The van der Waals surface area contributed by atoms with Gasteiger partial charge in [-0.1, -0.05) is 6.07 Å². The molecule has 0 saturated carbocycles. The highest BCUT2D eigenvalue weighted by Crippen LogP contribution is 1.99. The van der Waals surface area contributed by atoms with Crippen LogP contribution in [0.4, 0.5) is 5.82 Å². The Morgan fingerprint density at radius 2 is 2.42 bits per heavy atom. The van der Waals surface area contributed by atoms with Gasteiger partial charge in [-0.3, -0.25) is 0 Å². The molecule has 0 aliphatic rings. The van der Waals surface area contributed by atoms with Crippen molar-refractivity contribution in [1.29, 1.82) is 0 Å². The third-order valence-electron chi connectivity index (χ3n) is 1.47. The van der Waals surface area contributed by atoms with Crippen LogP contribution in [0.5, 0.6) is 0 Å². The van der Waals surface area contributed by atoms with Gasteiger partial charge in [-0.15, -0.1) is 0 Å². The fraction of sp³-hybridized carbons (Fsp3) is 0.333. The van der Waals surface area contributed by atoms with Gasteiger partial charge in [-0.2, -0.15) is 0 Å². The fourth-order valence-corrected chi connectivity index (χ4v) is 0.869. The highest BCUT2D eigenvalue weighted by molar-refractivity contribution is 5.49. The molecule has 0 radical (unpaired) electrons. The van der Waals surface area contributed by atoms with E-state index in [1.54, 1.807) is 6.20 Å². The second kappa shape index (κ2) is 5.29. The first-order valence-electron chi connectivity index (χ1n) is 4.02. The number of hydrogen-bond acceptors (Lipinski definition) is 3. The van der Waals surface area contributed by atoms with Crippen molar-refractivity contribution in [1.82, 2.24) is 4.98 Å². The zero-order valence-electron chi connectivity index (χ0n) is 6.86. The number of nitrogens with one attached hydrogen (secondary N) is 1. The lowest BCUT2D eigenvalue weighted by atomic mass is 10.3. The Bertz CT molecular complexity index is 223. The molecule has 0 aliphatic heterocycles.